The molecule has 246 valence electrons. The van der Waals surface area contributed by atoms with E-state index in [1.807, 2.05) is 73.7 Å². The SMILES string of the molecule is Cc1[nH]c2nccc(-c3cccc(N[C@H]4C[C@@H](C(=O)O)N(C(=O)OC(C)(C)C)C4)n3)c2c1C=CCN(C)C(=O)OCc1ccccc1. The highest BCUT2D eigenvalue weighted by Gasteiger charge is 2.41. The lowest BCUT2D eigenvalue weighted by Gasteiger charge is -2.26. The standard InChI is InChI=1S/C35H40N6O6/c1-22-25(13-10-18-40(5)33(44)46-21-23-11-7-6-8-12-23)30-26(16-17-36-31(30)37-22)27-14-9-15-29(39-27)38-24-19-28(32(42)43)41(20-24)34(45)47-35(2,3)4/h6-17,24,28H,18-21H2,1-5H3,(H,36,37)(H,38,39)(H,42,43)/t24-,28-/m0/s1. The van der Waals surface area contributed by atoms with Gasteiger partial charge in [-0.3, -0.25) is 4.90 Å². The molecule has 0 spiro atoms. The smallest absolute Gasteiger partial charge is 0.411 e. The molecule has 1 aliphatic heterocycles. The van der Waals surface area contributed by atoms with Crippen LogP contribution in [0, 0.1) is 6.92 Å². The van der Waals surface area contributed by atoms with Gasteiger partial charge in [-0.25, -0.2) is 24.4 Å². The van der Waals surface area contributed by atoms with Crippen molar-refractivity contribution in [1.82, 2.24) is 24.8 Å². The Hall–Kier alpha value is -5.39. The summed E-state index contributed by atoms with van der Waals surface area (Å²) in [4.78, 5) is 52.7. The van der Waals surface area contributed by atoms with Crippen molar-refractivity contribution in [3.63, 3.8) is 0 Å². The van der Waals surface area contributed by atoms with Crippen LogP contribution in [-0.2, 0) is 20.9 Å². The minimum Gasteiger partial charge on any atom is -0.480 e. The lowest BCUT2D eigenvalue weighted by molar-refractivity contribution is -0.142. The van der Waals surface area contributed by atoms with Crippen LogP contribution in [0.1, 0.15) is 44.0 Å². The summed E-state index contributed by atoms with van der Waals surface area (Å²) in [5.41, 5.74) is 4.24. The number of aromatic nitrogens is 3. The highest BCUT2D eigenvalue weighted by Crippen LogP contribution is 2.33. The highest BCUT2D eigenvalue weighted by atomic mass is 16.6. The molecule has 47 heavy (non-hydrogen) atoms. The number of hydrogen-bond acceptors (Lipinski definition) is 8. The van der Waals surface area contributed by atoms with E-state index in [9.17, 15) is 19.5 Å². The van der Waals surface area contributed by atoms with E-state index in [0.29, 0.717) is 23.7 Å². The number of aliphatic carboxylic acids is 1. The number of carbonyl (C=O) groups excluding carboxylic acids is 2. The van der Waals surface area contributed by atoms with Gasteiger partial charge in [0.1, 0.15) is 29.7 Å². The number of aromatic amines is 1. The zero-order valence-corrected chi connectivity index (χ0v) is 27.2. The summed E-state index contributed by atoms with van der Waals surface area (Å²) < 4.78 is 10.9. The number of ether oxygens (including phenoxy) is 2. The Kier molecular flexibility index (Phi) is 9.78. The second-order valence-corrected chi connectivity index (χ2v) is 12.5. The molecule has 1 fully saturated rings. The predicted molar refractivity (Wildman–Crippen MR) is 179 cm³/mol. The third-order valence-electron chi connectivity index (χ3n) is 7.70. The number of H-pyrrole nitrogens is 1. The number of rotatable bonds is 9. The fourth-order valence-corrected chi connectivity index (χ4v) is 5.49. The first-order chi connectivity index (χ1) is 22.4. The molecule has 0 aliphatic carbocycles. The van der Waals surface area contributed by atoms with Crippen LogP contribution in [0.25, 0.3) is 28.4 Å². The summed E-state index contributed by atoms with van der Waals surface area (Å²) in [6, 6.07) is 15.7. The maximum absolute atomic E-state index is 12.8. The molecular formula is C35H40N6O6. The van der Waals surface area contributed by atoms with Gasteiger partial charge in [0.05, 0.1) is 5.69 Å². The third kappa shape index (κ3) is 8.07. The number of amides is 2. The summed E-state index contributed by atoms with van der Waals surface area (Å²) in [6.07, 6.45) is 4.70. The number of nitrogens with zero attached hydrogens (tertiary/aromatic N) is 4. The van der Waals surface area contributed by atoms with E-state index in [1.54, 1.807) is 34.0 Å². The number of carbonyl (C=O) groups is 3. The van der Waals surface area contributed by atoms with Crippen LogP contribution < -0.4 is 5.32 Å². The average Bonchev–Trinajstić information content (AvgIpc) is 3.60. The molecule has 1 saturated heterocycles. The van der Waals surface area contributed by atoms with Gasteiger partial charge in [0, 0.05) is 61.0 Å². The number of fused-ring (bicyclic) bond motifs is 1. The summed E-state index contributed by atoms with van der Waals surface area (Å²) in [5, 5.41) is 14.0. The van der Waals surface area contributed by atoms with Gasteiger partial charge in [0.15, 0.2) is 0 Å². The molecule has 12 heteroatoms. The van der Waals surface area contributed by atoms with Gasteiger partial charge in [0.25, 0.3) is 0 Å². The Bertz CT molecular complexity index is 1780. The quantitative estimate of drug-likeness (QED) is 0.198. The molecule has 1 aliphatic rings. The van der Waals surface area contributed by atoms with Crippen LogP contribution in [0.4, 0.5) is 15.4 Å². The van der Waals surface area contributed by atoms with Gasteiger partial charge in [-0.15, -0.1) is 0 Å². The van der Waals surface area contributed by atoms with Gasteiger partial charge >= 0.3 is 18.2 Å². The number of hydrogen-bond donors (Lipinski definition) is 3. The Morgan fingerprint density at radius 2 is 1.89 bits per heavy atom. The number of carboxylic acid groups (broad SMARTS) is 1. The Morgan fingerprint density at radius 1 is 1.13 bits per heavy atom. The maximum atomic E-state index is 12.8. The van der Waals surface area contributed by atoms with Gasteiger partial charge in [-0.1, -0.05) is 48.6 Å². The zero-order valence-electron chi connectivity index (χ0n) is 27.2. The molecule has 4 aromatic rings. The molecule has 0 saturated carbocycles. The van der Waals surface area contributed by atoms with Crippen molar-refractivity contribution in [2.75, 3.05) is 25.5 Å². The van der Waals surface area contributed by atoms with Crippen molar-refractivity contribution < 1.29 is 29.0 Å². The van der Waals surface area contributed by atoms with E-state index in [-0.39, 0.29) is 25.6 Å². The van der Waals surface area contributed by atoms with Gasteiger partial charge < -0.3 is 29.8 Å². The number of benzene rings is 1. The first-order valence-corrected chi connectivity index (χ1v) is 15.4. The van der Waals surface area contributed by atoms with E-state index in [4.69, 9.17) is 14.5 Å². The monoisotopic (exact) mass is 640 g/mol. The Labute approximate surface area is 273 Å². The van der Waals surface area contributed by atoms with Gasteiger partial charge in [0.2, 0.25) is 0 Å². The lowest BCUT2D eigenvalue weighted by atomic mass is 10.0. The molecular weight excluding hydrogens is 600 g/mol. The van der Waals surface area contributed by atoms with Crippen LogP contribution in [0.3, 0.4) is 0 Å². The molecule has 3 aromatic heterocycles. The van der Waals surface area contributed by atoms with Crippen molar-refractivity contribution in [3.05, 3.63) is 83.7 Å². The average molecular weight is 641 g/mol. The number of nitrogens with one attached hydrogen (secondary N) is 2. The zero-order chi connectivity index (χ0) is 33.7. The predicted octanol–water partition coefficient (Wildman–Crippen LogP) is 6.09. The molecule has 3 N–H and O–H groups in total. The van der Waals surface area contributed by atoms with Crippen molar-refractivity contribution >= 4 is 41.1 Å². The number of pyridine rings is 2. The molecule has 0 bridgehead atoms. The minimum absolute atomic E-state index is 0.164. The molecule has 5 rings (SSSR count). The summed E-state index contributed by atoms with van der Waals surface area (Å²) in [5.74, 6) is -0.535. The largest absolute Gasteiger partial charge is 0.480 e. The van der Waals surface area contributed by atoms with Gasteiger partial charge in [-0.2, -0.15) is 0 Å². The van der Waals surface area contributed by atoms with E-state index in [1.165, 1.54) is 9.80 Å². The molecule has 2 amide bonds. The first-order valence-electron chi connectivity index (χ1n) is 15.4. The van der Waals surface area contributed by atoms with Crippen molar-refractivity contribution in [2.45, 2.75) is 58.4 Å². The second-order valence-electron chi connectivity index (χ2n) is 12.5. The second kappa shape index (κ2) is 13.9. The number of likely N-dealkylation sites (N-methyl/N-ethyl adjacent to an activating group) is 1. The van der Waals surface area contributed by atoms with E-state index < -0.39 is 29.8 Å². The topological polar surface area (TPSA) is 150 Å². The maximum Gasteiger partial charge on any atom is 0.411 e. The van der Waals surface area contributed by atoms with Gasteiger partial charge in [-0.05, 0) is 51.5 Å². The van der Waals surface area contributed by atoms with Crippen molar-refractivity contribution in [2.24, 2.45) is 0 Å². The van der Waals surface area contributed by atoms with Crippen LogP contribution in [0.5, 0.6) is 0 Å². The molecule has 0 radical (unpaired) electrons. The fourth-order valence-electron chi connectivity index (χ4n) is 5.49. The Balaban J connectivity index is 1.31. The number of likely N-dealkylation sites (tertiary alicyclic amines) is 1. The van der Waals surface area contributed by atoms with Crippen LogP contribution >= 0.6 is 0 Å². The highest BCUT2D eigenvalue weighted by molar-refractivity contribution is 5.99. The number of carboxylic acids is 1. The third-order valence-corrected chi connectivity index (χ3v) is 7.70. The molecule has 0 unspecified atom stereocenters. The molecule has 2 atom stereocenters. The van der Waals surface area contributed by atoms with E-state index in [0.717, 1.165) is 27.8 Å². The van der Waals surface area contributed by atoms with Crippen LogP contribution in [0.15, 0.2) is 66.9 Å². The molecule has 4 heterocycles. The molecule has 1 aromatic carbocycles. The normalized spacial score (nSPS) is 16.4. The van der Waals surface area contributed by atoms with Crippen molar-refractivity contribution in [3.8, 4) is 11.3 Å². The lowest BCUT2D eigenvalue weighted by Crippen LogP contribution is -2.43. The fraction of sp³-hybridized carbons (Fsp3) is 0.343. The number of aryl methyl sites for hydroxylation is 1. The van der Waals surface area contributed by atoms with E-state index in [2.05, 4.69) is 15.3 Å². The minimum atomic E-state index is -1.08. The summed E-state index contributed by atoms with van der Waals surface area (Å²) in [7, 11) is 1.69. The van der Waals surface area contributed by atoms with E-state index >= 15 is 0 Å². The van der Waals surface area contributed by atoms with Crippen LogP contribution in [-0.4, -0.2) is 85.8 Å². The number of anilines is 1. The molecule has 12 nitrogen and oxygen atoms in total. The van der Waals surface area contributed by atoms with Crippen LogP contribution in [0.2, 0.25) is 0 Å². The summed E-state index contributed by atoms with van der Waals surface area (Å²) in [6.45, 7) is 7.90. The Morgan fingerprint density at radius 3 is 2.62 bits per heavy atom. The van der Waals surface area contributed by atoms with Crippen molar-refractivity contribution in [1.29, 1.82) is 0 Å². The summed E-state index contributed by atoms with van der Waals surface area (Å²) >= 11 is 0. The first kappa shape index (κ1) is 33.0.